The molecule has 5 nitrogen and oxygen atoms in total. The van der Waals surface area contributed by atoms with Crippen LogP contribution < -0.4 is 5.73 Å². The molecule has 0 amide bonds. The molecule has 0 unspecified atom stereocenters. The second-order valence-corrected chi connectivity index (χ2v) is 3.06. The van der Waals surface area contributed by atoms with E-state index in [0.717, 1.165) is 0 Å². The summed E-state index contributed by atoms with van der Waals surface area (Å²) in [5.41, 5.74) is 5.83. The smallest absolute Gasteiger partial charge is 0.374 e. The molecule has 72 valence electrons. The lowest BCUT2D eigenvalue weighted by molar-refractivity contribution is 0.0666. The highest BCUT2D eigenvalue weighted by Gasteiger charge is 2.18. The first-order chi connectivity index (χ1) is 6.61. The standard InChI is InChI=1S/C8H5ClN2O3/c9-4-2-11-1-3-5(10)7(8(12)13)14-6(3)4/h1-2H,10H2,(H,12,13). The Bertz CT molecular complexity index is 521. The molecule has 0 atom stereocenters. The van der Waals surface area contributed by atoms with Crippen LogP contribution >= 0.6 is 11.6 Å². The Hall–Kier alpha value is -1.75. The maximum absolute atomic E-state index is 10.7. The Morgan fingerprint density at radius 2 is 2.29 bits per heavy atom. The fourth-order valence-electron chi connectivity index (χ4n) is 1.16. The van der Waals surface area contributed by atoms with E-state index < -0.39 is 5.97 Å². The quantitative estimate of drug-likeness (QED) is 0.752. The van der Waals surface area contributed by atoms with Crippen molar-refractivity contribution in [2.75, 3.05) is 5.73 Å². The van der Waals surface area contributed by atoms with Gasteiger partial charge >= 0.3 is 5.97 Å². The molecule has 6 heteroatoms. The van der Waals surface area contributed by atoms with E-state index in [4.69, 9.17) is 26.9 Å². The van der Waals surface area contributed by atoms with Crippen LogP contribution in [-0.4, -0.2) is 16.1 Å². The van der Waals surface area contributed by atoms with Crippen LogP contribution in [0.2, 0.25) is 5.02 Å². The molecule has 0 spiro atoms. The number of carboxylic acids is 1. The average molecular weight is 213 g/mol. The Morgan fingerprint density at radius 3 is 2.86 bits per heavy atom. The van der Waals surface area contributed by atoms with Gasteiger partial charge in [0.05, 0.1) is 11.1 Å². The Kier molecular flexibility index (Phi) is 1.82. The summed E-state index contributed by atoms with van der Waals surface area (Å²) in [4.78, 5) is 14.4. The highest BCUT2D eigenvalue weighted by atomic mass is 35.5. The van der Waals surface area contributed by atoms with E-state index in [-0.39, 0.29) is 22.1 Å². The molecule has 0 fully saturated rings. The topological polar surface area (TPSA) is 89.4 Å². The summed E-state index contributed by atoms with van der Waals surface area (Å²) in [6, 6.07) is 0. The summed E-state index contributed by atoms with van der Waals surface area (Å²) in [6.07, 6.45) is 2.77. The van der Waals surface area contributed by atoms with Gasteiger partial charge in [-0.15, -0.1) is 0 Å². The summed E-state index contributed by atoms with van der Waals surface area (Å²) in [7, 11) is 0. The van der Waals surface area contributed by atoms with E-state index >= 15 is 0 Å². The molecule has 0 bridgehead atoms. The summed E-state index contributed by atoms with van der Waals surface area (Å²) in [5, 5.41) is 9.37. The van der Waals surface area contributed by atoms with Gasteiger partial charge in [0, 0.05) is 12.4 Å². The van der Waals surface area contributed by atoms with Crippen molar-refractivity contribution in [3.63, 3.8) is 0 Å². The second kappa shape index (κ2) is 2.88. The number of aromatic carboxylic acids is 1. The zero-order valence-corrected chi connectivity index (χ0v) is 7.58. The zero-order valence-electron chi connectivity index (χ0n) is 6.82. The number of hydrogen-bond acceptors (Lipinski definition) is 4. The fourth-order valence-corrected chi connectivity index (χ4v) is 1.35. The van der Waals surface area contributed by atoms with Gasteiger partial charge in [-0.25, -0.2) is 4.79 Å². The third-order valence-corrected chi connectivity index (χ3v) is 2.06. The molecule has 2 aromatic heterocycles. The largest absolute Gasteiger partial charge is 0.475 e. The highest BCUT2D eigenvalue weighted by Crippen LogP contribution is 2.31. The summed E-state index contributed by atoms with van der Waals surface area (Å²) < 4.78 is 4.99. The molecule has 2 rings (SSSR count). The van der Waals surface area contributed by atoms with E-state index in [2.05, 4.69) is 4.98 Å². The Balaban J connectivity index is 2.86. The molecular weight excluding hydrogens is 208 g/mol. The zero-order chi connectivity index (χ0) is 10.3. The van der Waals surface area contributed by atoms with E-state index in [1.807, 2.05) is 0 Å². The molecule has 2 aromatic rings. The number of hydrogen-bond donors (Lipinski definition) is 2. The number of aromatic nitrogens is 1. The molecular formula is C8H5ClN2O3. The first-order valence-corrected chi connectivity index (χ1v) is 4.04. The first kappa shape index (κ1) is 8.83. The predicted octanol–water partition coefficient (Wildman–Crippen LogP) is 1.76. The SMILES string of the molecule is Nc1c(C(=O)O)oc2c(Cl)cncc12. The van der Waals surface area contributed by atoms with Gasteiger partial charge in [0.2, 0.25) is 5.76 Å². The van der Waals surface area contributed by atoms with Crippen LogP contribution in [0, 0.1) is 0 Å². The third-order valence-electron chi connectivity index (χ3n) is 1.79. The number of carboxylic acid groups (broad SMARTS) is 1. The van der Waals surface area contributed by atoms with E-state index in [1.54, 1.807) is 0 Å². The van der Waals surface area contributed by atoms with Crippen LogP contribution in [0.4, 0.5) is 5.69 Å². The summed E-state index contributed by atoms with van der Waals surface area (Å²) in [6.45, 7) is 0. The maximum atomic E-state index is 10.7. The molecule has 0 aliphatic carbocycles. The van der Waals surface area contributed by atoms with Crippen molar-refractivity contribution in [2.45, 2.75) is 0 Å². The van der Waals surface area contributed by atoms with E-state index in [1.165, 1.54) is 12.4 Å². The molecule has 0 saturated heterocycles. The number of fused-ring (bicyclic) bond motifs is 1. The van der Waals surface area contributed by atoms with Gasteiger partial charge in [0.25, 0.3) is 0 Å². The molecule has 3 N–H and O–H groups in total. The minimum Gasteiger partial charge on any atom is -0.475 e. The van der Waals surface area contributed by atoms with Crippen LogP contribution in [0.25, 0.3) is 11.0 Å². The summed E-state index contributed by atoms with van der Waals surface area (Å²) in [5.74, 6) is -1.54. The van der Waals surface area contributed by atoms with Crippen LogP contribution in [0.5, 0.6) is 0 Å². The molecule has 14 heavy (non-hydrogen) atoms. The van der Waals surface area contributed by atoms with Gasteiger partial charge in [0.1, 0.15) is 5.02 Å². The lowest BCUT2D eigenvalue weighted by Gasteiger charge is -1.89. The first-order valence-electron chi connectivity index (χ1n) is 3.66. The normalized spacial score (nSPS) is 10.6. The number of pyridine rings is 1. The van der Waals surface area contributed by atoms with Gasteiger partial charge in [-0.3, -0.25) is 4.98 Å². The number of nitrogens with two attached hydrogens (primary N) is 1. The van der Waals surface area contributed by atoms with Crippen molar-refractivity contribution in [3.8, 4) is 0 Å². The Labute approximate surface area is 83.1 Å². The van der Waals surface area contributed by atoms with Crippen LogP contribution in [0.1, 0.15) is 10.6 Å². The molecule has 0 saturated carbocycles. The summed E-state index contributed by atoms with van der Waals surface area (Å²) >= 11 is 5.74. The minimum absolute atomic E-state index is 0.0440. The predicted molar refractivity (Wildman–Crippen MR) is 50.4 cm³/mol. The van der Waals surface area contributed by atoms with Crippen LogP contribution in [-0.2, 0) is 0 Å². The number of anilines is 1. The lowest BCUT2D eigenvalue weighted by atomic mass is 10.3. The molecule has 2 heterocycles. The van der Waals surface area contributed by atoms with Gasteiger partial charge < -0.3 is 15.3 Å². The molecule has 0 aliphatic heterocycles. The number of carbonyl (C=O) groups is 1. The van der Waals surface area contributed by atoms with Crippen molar-refractivity contribution in [1.29, 1.82) is 0 Å². The van der Waals surface area contributed by atoms with Crippen molar-refractivity contribution in [3.05, 3.63) is 23.2 Å². The van der Waals surface area contributed by atoms with E-state index in [9.17, 15) is 4.79 Å². The second-order valence-electron chi connectivity index (χ2n) is 2.65. The Morgan fingerprint density at radius 1 is 1.57 bits per heavy atom. The van der Waals surface area contributed by atoms with Crippen molar-refractivity contribution in [1.82, 2.24) is 4.98 Å². The number of nitrogen functional groups attached to an aromatic ring is 1. The number of nitrogens with zero attached hydrogens (tertiary/aromatic N) is 1. The maximum Gasteiger partial charge on any atom is 0.374 e. The molecule has 0 radical (unpaired) electrons. The number of rotatable bonds is 1. The van der Waals surface area contributed by atoms with Crippen LogP contribution in [0.15, 0.2) is 16.8 Å². The van der Waals surface area contributed by atoms with Gasteiger partial charge in [0.15, 0.2) is 5.58 Å². The third kappa shape index (κ3) is 1.10. The van der Waals surface area contributed by atoms with Gasteiger partial charge in [-0.1, -0.05) is 11.6 Å². The average Bonchev–Trinajstić information content (AvgIpc) is 2.46. The van der Waals surface area contributed by atoms with E-state index in [0.29, 0.717) is 5.39 Å². The fraction of sp³-hybridized carbons (Fsp3) is 0. The van der Waals surface area contributed by atoms with Crippen molar-refractivity contribution >= 4 is 34.2 Å². The highest BCUT2D eigenvalue weighted by molar-refractivity contribution is 6.35. The van der Waals surface area contributed by atoms with Crippen molar-refractivity contribution in [2.24, 2.45) is 0 Å². The lowest BCUT2D eigenvalue weighted by Crippen LogP contribution is -1.98. The molecule has 0 aliphatic rings. The number of halogens is 1. The van der Waals surface area contributed by atoms with Crippen molar-refractivity contribution < 1.29 is 14.3 Å². The van der Waals surface area contributed by atoms with Crippen LogP contribution in [0.3, 0.4) is 0 Å². The van der Waals surface area contributed by atoms with Gasteiger partial charge in [-0.05, 0) is 0 Å². The number of furan rings is 1. The minimum atomic E-state index is -1.23. The van der Waals surface area contributed by atoms with Gasteiger partial charge in [-0.2, -0.15) is 0 Å². The molecule has 0 aromatic carbocycles. The monoisotopic (exact) mass is 212 g/mol.